The van der Waals surface area contributed by atoms with Crippen molar-refractivity contribution in [2.24, 2.45) is 0 Å². The van der Waals surface area contributed by atoms with E-state index >= 15 is 0 Å². The maximum absolute atomic E-state index is 12.4. The van der Waals surface area contributed by atoms with E-state index in [-0.39, 0.29) is 5.56 Å². The number of aryl methyl sites for hydroxylation is 1. The summed E-state index contributed by atoms with van der Waals surface area (Å²) in [5.41, 5.74) is 3.27. The Hall–Kier alpha value is -2.86. The van der Waals surface area contributed by atoms with Crippen LogP contribution in [0.5, 0.6) is 0 Å². The minimum atomic E-state index is -0.616. The van der Waals surface area contributed by atoms with Gasteiger partial charge in [-0.1, -0.05) is 6.07 Å². The zero-order valence-electron chi connectivity index (χ0n) is 14.3. The van der Waals surface area contributed by atoms with Crippen LogP contribution in [0.2, 0.25) is 0 Å². The third kappa shape index (κ3) is 3.15. The molecule has 1 amide bonds. The third-order valence-electron chi connectivity index (χ3n) is 4.98. The van der Waals surface area contributed by atoms with E-state index in [0.717, 1.165) is 35.0 Å². The van der Waals surface area contributed by atoms with Crippen LogP contribution in [-0.2, 0) is 12.8 Å². The van der Waals surface area contributed by atoms with Crippen LogP contribution in [-0.4, -0.2) is 27.5 Å². The van der Waals surface area contributed by atoms with Gasteiger partial charge in [-0.05, 0) is 60.9 Å². The fourth-order valence-electron chi connectivity index (χ4n) is 3.56. The Balaban J connectivity index is 1.44. The predicted molar refractivity (Wildman–Crippen MR) is 99.3 cm³/mol. The number of rotatable bonds is 4. The summed E-state index contributed by atoms with van der Waals surface area (Å²) < 4.78 is 0. The van der Waals surface area contributed by atoms with E-state index in [9.17, 15) is 14.7 Å². The van der Waals surface area contributed by atoms with Gasteiger partial charge in [0, 0.05) is 29.5 Å². The topological polar surface area (TPSA) is 98.0 Å². The number of fused-ring (bicyclic) bond motifs is 2. The lowest BCUT2D eigenvalue weighted by atomic mass is 9.92. The minimum Gasteiger partial charge on any atom is -0.388 e. The molecule has 1 aliphatic carbocycles. The molecule has 0 saturated heterocycles. The summed E-state index contributed by atoms with van der Waals surface area (Å²) >= 11 is 0. The number of hydrogen-bond acceptors (Lipinski definition) is 3. The first-order valence-corrected chi connectivity index (χ1v) is 8.90. The monoisotopic (exact) mass is 351 g/mol. The first kappa shape index (κ1) is 16.6. The number of benzene rings is 1. The second-order valence-corrected chi connectivity index (χ2v) is 6.76. The van der Waals surface area contributed by atoms with Crippen molar-refractivity contribution in [1.29, 1.82) is 0 Å². The minimum absolute atomic E-state index is 0.0609. The van der Waals surface area contributed by atoms with E-state index in [1.54, 1.807) is 6.07 Å². The van der Waals surface area contributed by atoms with Gasteiger partial charge in [0.25, 0.3) is 11.5 Å². The van der Waals surface area contributed by atoms with E-state index < -0.39 is 17.6 Å². The second-order valence-electron chi connectivity index (χ2n) is 6.76. The molecule has 0 fully saturated rings. The fraction of sp³-hybridized carbons (Fsp3) is 0.300. The molecule has 1 aliphatic rings. The Morgan fingerprint density at radius 3 is 3.04 bits per heavy atom. The van der Waals surface area contributed by atoms with E-state index in [1.165, 1.54) is 0 Å². The zero-order chi connectivity index (χ0) is 18.1. The molecule has 4 N–H and O–H groups in total. The average Bonchev–Trinajstić information content (AvgIpc) is 3.09. The van der Waals surface area contributed by atoms with E-state index in [4.69, 9.17) is 0 Å². The maximum atomic E-state index is 12.4. The highest BCUT2D eigenvalue weighted by Crippen LogP contribution is 2.27. The lowest BCUT2D eigenvalue weighted by Gasteiger charge is -2.21. The van der Waals surface area contributed by atoms with Crippen LogP contribution in [0.3, 0.4) is 0 Å². The number of hydrogen-bond donors (Lipinski definition) is 4. The molecule has 1 atom stereocenters. The predicted octanol–water partition coefficient (Wildman–Crippen LogP) is 2.20. The first-order chi connectivity index (χ1) is 12.6. The molecule has 134 valence electrons. The van der Waals surface area contributed by atoms with Gasteiger partial charge < -0.3 is 20.4 Å². The van der Waals surface area contributed by atoms with Gasteiger partial charge >= 0.3 is 0 Å². The van der Waals surface area contributed by atoms with Crippen LogP contribution in [0.1, 0.15) is 46.1 Å². The summed E-state index contributed by atoms with van der Waals surface area (Å²) in [6.07, 6.45) is 4.18. The van der Waals surface area contributed by atoms with Crippen LogP contribution in [0, 0.1) is 0 Å². The molecule has 2 heterocycles. The molecule has 0 aliphatic heterocycles. The van der Waals surface area contributed by atoms with Crippen molar-refractivity contribution in [1.82, 2.24) is 15.3 Å². The molecular formula is C20H21N3O3. The Kier molecular flexibility index (Phi) is 4.34. The van der Waals surface area contributed by atoms with Crippen molar-refractivity contribution in [2.75, 3.05) is 6.54 Å². The highest BCUT2D eigenvalue weighted by atomic mass is 16.3. The molecule has 0 saturated carbocycles. The molecule has 6 nitrogen and oxygen atoms in total. The molecule has 6 heteroatoms. The Labute approximate surface area is 150 Å². The molecule has 4 rings (SSSR count). The summed E-state index contributed by atoms with van der Waals surface area (Å²) in [5, 5.41) is 14.0. The van der Waals surface area contributed by atoms with Gasteiger partial charge in [0.2, 0.25) is 0 Å². The summed E-state index contributed by atoms with van der Waals surface area (Å²) in [7, 11) is 0. The molecule has 0 bridgehead atoms. The summed E-state index contributed by atoms with van der Waals surface area (Å²) in [4.78, 5) is 30.5. The maximum Gasteiger partial charge on any atom is 0.261 e. The van der Waals surface area contributed by atoms with Gasteiger partial charge in [0.1, 0.15) is 5.56 Å². The normalized spacial score (nSPS) is 16.4. The first-order valence-electron chi connectivity index (χ1n) is 8.90. The number of nitrogens with one attached hydrogen (secondary N) is 3. The van der Waals surface area contributed by atoms with Gasteiger partial charge in [0.05, 0.1) is 6.10 Å². The van der Waals surface area contributed by atoms with Crippen LogP contribution in [0.15, 0.2) is 41.3 Å². The lowest BCUT2D eigenvalue weighted by Crippen LogP contribution is -2.32. The number of carbonyl (C=O) groups is 1. The van der Waals surface area contributed by atoms with Crippen LogP contribution in [0.25, 0.3) is 10.9 Å². The zero-order valence-corrected chi connectivity index (χ0v) is 14.3. The molecule has 2 aromatic heterocycles. The highest BCUT2D eigenvalue weighted by molar-refractivity contribution is 5.94. The number of H-pyrrole nitrogens is 2. The lowest BCUT2D eigenvalue weighted by molar-refractivity contribution is 0.0952. The summed E-state index contributed by atoms with van der Waals surface area (Å²) in [6.45, 7) is 0.438. The molecule has 3 aromatic rings. The number of pyridine rings is 1. The van der Waals surface area contributed by atoms with Crippen molar-refractivity contribution in [2.45, 2.75) is 31.8 Å². The fourth-order valence-corrected chi connectivity index (χ4v) is 3.56. The van der Waals surface area contributed by atoms with Crippen LogP contribution < -0.4 is 10.9 Å². The van der Waals surface area contributed by atoms with Crippen molar-refractivity contribution in [3.8, 4) is 0 Å². The summed E-state index contributed by atoms with van der Waals surface area (Å²) in [6, 6.07) is 9.67. The van der Waals surface area contributed by atoms with Crippen molar-refractivity contribution >= 4 is 16.8 Å². The van der Waals surface area contributed by atoms with E-state index in [2.05, 4.69) is 21.4 Å². The smallest absolute Gasteiger partial charge is 0.261 e. The van der Waals surface area contributed by atoms with Crippen LogP contribution in [0.4, 0.5) is 0 Å². The van der Waals surface area contributed by atoms with Gasteiger partial charge in [-0.25, -0.2) is 0 Å². The number of aromatic amines is 2. The molecule has 26 heavy (non-hydrogen) atoms. The quantitative estimate of drug-likeness (QED) is 0.580. The highest BCUT2D eigenvalue weighted by Gasteiger charge is 2.22. The number of carbonyl (C=O) groups excluding carboxylic acids is 1. The number of aliphatic hydroxyl groups is 1. The second kappa shape index (κ2) is 6.80. The molecule has 1 unspecified atom stereocenters. The van der Waals surface area contributed by atoms with Gasteiger partial charge in [-0.3, -0.25) is 9.59 Å². The average molecular weight is 351 g/mol. The van der Waals surface area contributed by atoms with Gasteiger partial charge in [-0.2, -0.15) is 0 Å². The van der Waals surface area contributed by atoms with Crippen molar-refractivity contribution in [3.63, 3.8) is 0 Å². The number of aromatic nitrogens is 2. The number of aliphatic hydroxyl groups excluding tert-OH is 1. The Morgan fingerprint density at radius 2 is 2.15 bits per heavy atom. The molecule has 0 spiro atoms. The number of amides is 1. The van der Waals surface area contributed by atoms with Crippen LogP contribution >= 0.6 is 0 Å². The SMILES string of the molecule is O=C(NCCc1ccc2[nH]ccc2c1)c1cc2c([nH]c1=O)CCCC2O. The van der Waals surface area contributed by atoms with Gasteiger partial charge in [-0.15, -0.1) is 0 Å². The standard InChI is InChI=1S/C20H21N3O3/c24-18-3-1-2-17-14(18)11-15(20(26)23-17)19(25)22-8-6-12-4-5-16-13(10-12)7-9-21-16/h4-5,7,9-11,18,21,24H,1-3,6,8H2,(H,22,25)(H,23,26). The Bertz CT molecular complexity index is 1020. The molecule has 1 aromatic carbocycles. The van der Waals surface area contributed by atoms with Crippen molar-refractivity contribution < 1.29 is 9.90 Å². The van der Waals surface area contributed by atoms with Gasteiger partial charge in [0.15, 0.2) is 0 Å². The molecular weight excluding hydrogens is 330 g/mol. The Morgan fingerprint density at radius 1 is 1.27 bits per heavy atom. The van der Waals surface area contributed by atoms with E-state index in [1.807, 2.05) is 24.4 Å². The summed E-state index contributed by atoms with van der Waals surface area (Å²) in [5.74, 6) is -0.408. The third-order valence-corrected chi connectivity index (χ3v) is 4.98. The molecule has 0 radical (unpaired) electrons. The largest absolute Gasteiger partial charge is 0.388 e. The van der Waals surface area contributed by atoms with Crippen molar-refractivity contribution in [3.05, 3.63) is 69.3 Å². The van der Waals surface area contributed by atoms with E-state index in [0.29, 0.717) is 24.9 Å².